The lowest BCUT2D eigenvalue weighted by Crippen LogP contribution is -2.49. The quantitative estimate of drug-likeness (QED) is 0.719. The lowest BCUT2D eigenvalue weighted by molar-refractivity contribution is -0.132. The van der Waals surface area contributed by atoms with Gasteiger partial charge in [0.15, 0.2) is 0 Å². The standard InChI is InChI=1S/C20H20ClN3O/c21-17-6-2-4-8-19(17)22-11-13-23(14-12-22)20(25)15-24-10-9-16-5-1-3-7-18(16)24/h1-10H,11-15H2. The summed E-state index contributed by atoms with van der Waals surface area (Å²) in [6.07, 6.45) is 1.99. The van der Waals surface area contributed by atoms with Gasteiger partial charge < -0.3 is 14.4 Å². The van der Waals surface area contributed by atoms with Crippen molar-refractivity contribution in [2.24, 2.45) is 0 Å². The number of hydrogen-bond acceptors (Lipinski definition) is 2. The average Bonchev–Trinajstić information content (AvgIpc) is 3.05. The second-order valence-corrected chi connectivity index (χ2v) is 6.73. The van der Waals surface area contributed by atoms with Crippen molar-refractivity contribution in [1.82, 2.24) is 9.47 Å². The molecule has 1 aliphatic rings. The van der Waals surface area contributed by atoms with Gasteiger partial charge in [0.2, 0.25) is 5.91 Å². The van der Waals surface area contributed by atoms with Gasteiger partial charge in [-0.2, -0.15) is 0 Å². The summed E-state index contributed by atoms with van der Waals surface area (Å²) in [4.78, 5) is 16.9. The van der Waals surface area contributed by atoms with E-state index in [0.717, 1.165) is 42.4 Å². The first kappa shape index (κ1) is 16.0. The Hall–Kier alpha value is -2.46. The molecular weight excluding hydrogens is 334 g/mol. The van der Waals surface area contributed by atoms with Crippen LogP contribution >= 0.6 is 11.6 Å². The van der Waals surface area contributed by atoms with E-state index in [1.807, 2.05) is 52.1 Å². The molecule has 0 radical (unpaired) electrons. The first-order chi connectivity index (χ1) is 12.2. The number of fused-ring (bicyclic) bond motifs is 1. The molecule has 4 rings (SSSR count). The summed E-state index contributed by atoms with van der Waals surface area (Å²) >= 11 is 6.28. The summed E-state index contributed by atoms with van der Waals surface area (Å²) in [5.74, 6) is 0.167. The number of carbonyl (C=O) groups excluding carboxylic acids is 1. The monoisotopic (exact) mass is 353 g/mol. The van der Waals surface area contributed by atoms with Gasteiger partial charge >= 0.3 is 0 Å². The average molecular weight is 354 g/mol. The zero-order valence-corrected chi connectivity index (χ0v) is 14.7. The van der Waals surface area contributed by atoms with E-state index in [2.05, 4.69) is 23.1 Å². The molecule has 1 amide bonds. The molecule has 0 bridgehead atoms. The van der Waals surface area contributed by atoms with Gasteiger partial charge in [0.25, 0.3) is 0 Å². The van der Waals surface area contributed by atoms with Gasteiger partial charge in [-0.15, -0.1) is 0 Å². The molecule has 0 spiro atoms. The van der Waals surface area contributed by atoms with E-state index in [4.69, 9.17) is 11.6 Å². The van der Waals surface area contributed by atoms with Crippen LogP contribution in [0.25, 0.3) is 10.9 Å². The van der Waals surface area contributed by atoms with Crippen LogP contribution in [0.3, 0.4) is 0 Å². The summed E-state index contributed by atoms with van der Waals surface area (Å²) in [5.41, 5.74) is 2.15. The number of amides is 1. The highest BCUT2D eigenvalue weighted by atomic mass is 35.5. The fourth-order valence-electron chi connectivity index (χ4n) is 3.43. The maximum atomic E-state index is 12.7. The van der Waals surface area contributed by atoms with E-state index in [1.165, 1.54) is 5.39 Å². The topological polar surface area (TPSA) is 28.5 Å². The molecular formula is C20H20ClN3O. The number of halogens is 1. The third kappa shape index (κ3) is 3.22. The second-order valence-electron chi connectivity index (χ2n) is 6.32. The van der Waals surface area contributed by atoms with Crippen molar-refractivity contribution in [1.29, 1.82) is 0 Å². The summed E-state index contributed by atoms with van der Waals surface area (Å²) in [6.45, 7) is 3.45. The Labute approximate surface area is 152 Å². The molecule has 0 unspecified atom stereocenters. The predicted molar refractivity (Wildman–Crippen MR) is 102 cm³/mol. The molecule has 2 heterocycles. The molecule has 1 aromatic heterocycles. The minimum Gasteiger partial charge on any atom is -0.367 e. The molecule has 128 valence electrons. The van der Waals surface area contributed by atoms with Crippen LogP contribution < -0.4 is 4.90 Å². The molecule has 2 aromatic carbocycles. The van der Waals surface area contributed by atoms with Crippen LogP contribution in [-0.4, -0.2) is 41.6 Å². The van der Waals surface area contributed by atoms with Gasteiger partial charge in [0, 0.05) is 37.9 Å². The molecule has 1 fully saturated rings. The number of rotatable bonds is 3. The Kier molecular flexibility index (Phi) is 4.36. The number of benzene rings is 2. The first-order valence-corrected chi connectivity index (χ1v) is 8.91. The lowest BCUT2D eigenvalue weighted by atomic mass is 10.2. The van der Waals surface area contributed by atoms with Crippen LogP contribution in [0, 0.1) is 0 Å². The van der Waals surface area contributed by atoms with Gasteiger partial charge in [0.05, 0.1) is 10.7 Å². The van der Waals surface area contributed by atoms with Crippen molar-refractivity contribution >= 4 is 34.1 Å². The predicted octanol–water partition coefficient (Wildman–Crippen LogP) is 3.64. The van der Waals surface area contributed by atoms with Crippen molar-refractivity contribution in [3.8, 4) is 0 Å². The third-order valence-corrected chi connectivity index (χ3v) is 5.13. The van der Waals surface area contributed by atoms with Crippen molar-refractivity contribution < 1.29 is 4.79 Å². The Balaban J connectivity index is 1.41. The van der Waals surface area contributed by atoms with Gasteiger partial charge in [-0.3, -0.25) is 4.79 Å². The van der Waals surface area contributed by atoms with Crippen LogP contribution in [0.4, 0.5) is 5.69 Å². The number of piperazine rings is 1. The Morgan fingerprint density at radius 1 is 0.920 bits per heavy atom. The van der Waals surface area contributed by atoms with E-state index >= 15 is 0 Å². The molecule has 0 N–H and O–H groups in total. The summed E-state index contributed by atoms with van der Waals surface area (Å²) in [7, 11) is 0. The van der Waals surface area contributed by atoms with Crippen LogP contribution in [0.1, 0.15) is 0 Å². The molecule has 4 nitrogen and oxygen atoms in total. The third-order valence-electron chi connectivity index (χ3n) is 4.81. The van der Waals surface area contributed by atoms with Gasteiger partial charge in [-0.1, -0.05) is 41.9 Å². The molecule has 1 saturated heterocycles. The largest absolute Gasteiger partial charge is 0.367 e. The van der Waals surface area contributed by atoms with Crippen LogP contribution in [0.2, 0.25) is 5.02 Å². The van der Waals surface area contributed by atoms with E-state index in [1.54, 1.807) is 0 Å². The fourth-order valence-corrected chi connectivity index (χ4v) is 3.68. The zero-order chi connectivity index (χ0) is 17.2. The number of anilines is 1. The summed E-state index contributed by atoms with van der Waals surface area (Å²) in [5, 5.41) is 1.93. The van der Waals surface area contributed by atoms with Crippen LogP contribution in [0.5, 0.6) is 0 Å². The number of aromatic nitrogens is 1. The summed E-state index contributed by atoms with van der Waals surface area (Å²) < 4.78 is 2.03. The van der Waals surface area contributed by atoms with Gasteiger partial charge in [-0.25, -0.2) is 0 Å². The van der Waals surface area contributed by atoms with Crippen molar-refractivity contribution in [2.75, 3.05) is 31.1 Å². The normalized spacial score (nSPS) is 14.9. The molecule has 3 aromatic rings. The Morgan fingerprint density at radius 3 is 2.44 bits per heavy atom. The SMILES string of the molecule is O=C(Cn1ccc2ccccc21)N1CCN(c2ccccc2Cl)CC1. The first-order valence-electron chi connectivity index (χ1n) is 8.53. The Bertz CT molecular complexity index is 897. The molecule has 25 heavy (non-hydrogen) atoms. The van der Waals surface area contributed by atoms with E-state index in [-0.39, 0.29) is 5.91 Å². The highest BCUT2D eigenvalue weighted by Gasteiger charge is 2.22. The molecule has 5 heteroatoms. The molecule has 0 atom stereocenters. The smallest absolute Gasteiger partial charge is 0.242 e. The van der Waals surface area contributed by atoms with Crippen LogP contribution in [0.15, 0.2) is 60.8 Å². The minimum atomic E-state index is 0.167. The van der Waals surface area contributed by atoms with E-state index in [9.17, 15) is 4.79 Å². The minimum absolute atomic E-state index is 0.167. The van der Waals surface area contributed by atoms with Gasteiger partial charge in [0.1, 0.15) is 6.54 Å². The number of hydrogen-bond donors (Lipinski definition) is 0. The highest BCUT2D eigenvalue weighted by molar-refractivity contribution is 6.33. The zero-order valence-electron chi connectivity index (χ0n) is 13.9. The summed E-state index contributed by atoms with van der Waals surface area (Å²) in [6, 6.07) is 18.1. The van der Waals surface area contributed by atoms with Crippen molar-refractivity contribution in [3.05, 3.63) is 65.8 Å². The highest BCUT2D eigenvalue weighted by Crippen LogP contribution is 2.26. The fraction of sp³-hybridized carbons (Fsp3) is 0.250. The van der Waals surface area contributed by atoms with Crippen molar-refractivity contribution in [3.63, 3.8) is 0 Å². The maximum Gasteiger partial charge on any atom is 0.242 e. The number of carbonyl (C=O) groups is 1. The maximum absolute atomic E-state index is 12.7. The van der Waals surface area contributed by atoms with Crippen LogP contribution in [-0.2, 0) is 11.3 Å². The van der Waals surface area contributed by atoms with Gasteiger partial charge in [-0.05, 0) is 29.7 Å². The molecule has 1 aliphatic heterocycles. The number of para-hydroxylation sites is 2. The molecule has 0 aliphatic carbocycles. The van der Waals surface area contributed by atoms with E-state index < -0.39 is 0 Å². The Morgan fingerprint density at radius 2 is 1.64 bits per heavy atom. The molecule has 0 saturated carbocycles. The second kappa shape index (κ2) is 6.81. The number of nitrogens with zero attached hydrogens (tertiary/aromatic N) is 3. The lowest BCUT2D eigenvalue weighted by Gasteiger charge is -2.36. The van der Waals surface area contributed by atoms with E-state index in [0.29, 0.717) is 6.54 Å². The van der Waals surface area contributed by atoms with Crippen molar-refractivity contribution in [2.45, 2.75) is 6.54 Å².